The minimum Gasteiger partial charge on any atom is -0.481 e. The molecule has 0 unspecified atom stereocenters. The third-order valence-electron chi connectivity index (χ3n) is 5.33. The minimum atomic E-state index is -1.04. The summed E-state index contributed by atoms with van der Waals surface area (Å²) in [5, 5.41) is 19.8. The van der Waals surface area contributed by atoms with Gasteiger partial charge in [-0.2, -0.15) is 0 Å². The molecule has 1 atom stereocenters. The van der Waals surface area contributed by atoms with Gasteiger partial charge in [0.15, 0.2) is 5.15 Å². The van der Waals surface area contributed by atoms with Gasteiger partial charge in [0.2, 0.25) is 5.91 Å². The van der Waals surface area contributed by atoms with Gasteiger partial charge in [-0.25, -0.2) is 9.67 Å². The molecule has 0 aliphatic carbocycles. The zero-order chi connectivity index (χ0) is 25.7. The van der Waals surface area contributed by atoms with Crippen molar-refractivity contribution in [3.63, 3.8) is 0 Å². The molecule has 4 aromatic rings. The van der Waals surface area contributed by atoms with Crippen LogP contribution in [0.25, 0.3) is 16.9 Å². The fourth-order valence-electron chi connectivity index (χ4n) is 3.63. The average Bonchev–Trinajstić information content (AvgIpc) is 3.29. The fourth-order valence-corrected chi connectivity index (χ4v) is 3.93. The molecule has 184 valence electrons. The lowest BCUT2D eigenvalue weighted by molar-refractivity contribution is -0.137. The van der Waals surface area contributed by atoms with Crippen molar-refractivity contribution in [1.82, 2.24) is 29.9 Å². The summed E-state index contributed by atoms with van der Waals surface area (Å²) in [4.78, 5) is 41.5. The third kappa shape index (κ3) is 5.96. The summed E-state index contributed by atoms with van der Waals surface area (Å²) in [7, 11) is 0. The van der Waals surface area contributed by atoms with E-state index in [4.69, 9.17) is 28.3 Å². The van der Waals surface area contributed by atoms with Gasteiger partial charge in [0.25, 0.3) is 5.56 Å². The van der Waals surface area contributed by atoms with E-state index >= 15 is 0 Å². The lowest BCUT2D eigenvalue weighted by Gasteiger charge is -2.20. The number of carboxylic acid groups (broad SMARTS) is 1. The number of nitrogens with zero attached hydrogens (tertiary/aromatic N) is 5. The van der Waals surface area contributed by atoms with Crippen LogP contribution in [0.3, 0.4) is 0 Å². The van der Waals surface area contributed by atoms with Crippen LogP contribution in [-0.2, 0) is 16.0 Å². The molecule has 0 radical (unpaired) electrons. The molecule has 0 aliphatic heterocycles. The highest BCUT2D eigenvalue weighted by molar-refractivity contribution is 6.31. The quantitative estimate of drug-likeness (QED) is 0.342. The first-order valence-corrected chi connectivity index (χ1v) is 11.6. The number of amides is 1. The second-order valence-corrected chi connectivity index (χ2v) is 8.63. The van der Waals surface area contributed by atoms with Crippen molar-refractivity contribution in [2.75, 3.05) is 6.54 Å². The van der Waals surface area contributed by atoms with Gasteiger partial charge in [0.1, 0.15) is 6.04 Å². The molecule has 1 amide bonds. The van der Waals surface area contributed by atoms with Crippen LogP contribution in [0.5, 0.6) is 0 Å². The zero-order valence-electron chi connectivity index (χ0n) is 18.7. The molecule has 2 aromatic carbocycles. The summed E-state index contributed by atoms with van der Waals surface area (Å²) < 4.78 is 2.67. The SMILES string of the molecule is O=C(O)CCNC(=O)[C@H](Cc1ccccc1)n1cnc(-c2cc(Cl)ccc2-n2cc(Cl)nn2)cc1=O. The first-order chi connectivity index (χ1) is 17.3. The van der Waals surface area contributed by atoms with Crippen molar-refractivity contribution in [3.8, 4) is 16.9 Å². The number of aliphatic carboxylic acids is 1. The van der Waals surface area contributed by atoms with Crippen molar-refractivity contribution in [3.05, 3.63) is 93.2 Å². The molecular formula is C24H20Cl2N6O4. The molecule has 0 bridgehead atoms. The van der Waals surface area contributed by atoms with E-state index in [1.165, 1.54) is 27.8 Å². The van der Waals surface area contributed by atoms with Crippen molar-refractivity contribution < 1.29 is 14.7 Å². The number of carbonyl (C=O) groups excluding carboxylic acids is 1. The maximum atomic E-state index is 13.2. The second-order valence-electron chi connectivity index (χ2n) is 7.81. The molecule has 36 heavy (non-hydrogen) atoms. The lowest BCUT2D eigenvalue weighted by Crippen LogP contribution is -2.39. The monoisotopic (exact) mass is 526 g/mol. The summed E-state index contributed by atoms with van der Waals surface area (Å²) in [6.07, 6.45) is 2.77. The molecule has 4 rings (SSSR count). The smallest absolute Gasteiger partial charge is 0.305 e. The van der Waals surface area contributed by atoms with Gasteiger partial charge in [0.05, 0.1) is 30.3 Å². The number of nitrogens with one attached hydrogen (secondary N) is 1. The van der Waals surface area contributed by atoms with Crippen LogP contribution < -0.4 is 10.9 Å². The van der Waals surface area contributed by atoms with E-state index in [1.807, 2.05) is 30.3 Å². The Kier molecular flexibility index (Phi) is 7.77. The molecule has 2 aromatic heterocycles. The van der Waals surface area contributed by atoms with Gasteiger partial charge in [0, 0.05) is 29.6 Å². The Labute approximate surface area is 215 Å². The Bertz CT molecular complexity index is 1450. The van der Waals surface area contributed by atoms with E-state index in [1.54, 1.807) is 18.2 Å². The number of carboxylic acids is 1. The predicted molar refractivity (Wildman–Crippen MR) is 133 cm³/mol. The van der Waals surface area contributed by atoms with E-state index in [9.17, 15) is 14.4 Å². The first kappa shape index (κ1) is 25.1. The molecular weight excluding hydrogens is 507 g/mol. The number of aromatic nitrogens is 5. The highest BCUT2D eigenvalue weighted by atomic mass is 35.5. The summed E-state index contributed by atoms with van der Waals surface area (Å²) in [6, 6.07) is 14.5. The molecule has 2 N–H and O–H groups in total. The predicted octanol–water partition coefficient (Wildman–Crippen LogP) is 3.17. The van der Waals surface area contributed by atoms with E-state index in [0.717, 1.165) is 5.56 Å². The Morgan fingerprint density at radius 1 is 1.08 bits per heavy atom. The number of rotatable bonds is 9. The number of carbonyl (C=O) groups is 2. The molecule has 0 fully saturated rings. The van der Waals surface area contributed by atoms with Crippen LogP contribution in [0.2, 0.25) is 10.2 Å². The standard InChI is InChI=1S/C24H20Cl2N6O4/c25-16-6-7-19(32-13-21(26)29-30-32)17(11-16)18-12-22(33)31(14-28-18)20(10-15-4-2-1-3-5-15)24(36)27-9-8-23(34)35/h1-7,11-14,20H,8-10H2,(H,27,36)(H,34,35)/t20-/m0/s1. The highest BCUT2D eigenvalue weighted by Gasteiger charge is 2.23. The van der Waals surface area contributed by atoms with Crippen LogP contribution in [0.1, 0.15) is 18.0 Å². The average molecular weight is 527 g/mol. The summed E-state index contributed by atoms with van der Waals surface area (Å²) in [6.45, 7) is -0.0634. The summed E-state index contributed by atoms with van der Waals surface area (Å²) >= 11 is 12.1. The lowest BCUT2D eigenvalue weighted by atomic mass is 10.0. The summed E-state index contributed by atoms with van der Waals surface area (Å²) in [5.41, 5.74) is 1.73. The molecule has 0 saturated heterocycles. The van der Waals surface area contributed by atoms with Crippen LogP contribution in [0.15, 0.2) is 71.9 Å². The largest absolute Gasteiger partial charge is 0.481 e. The Balaban J connectivity index is 1.70. The molecule has 0 saturated carbocycles. The minimum absolute atomic E-state index is 0.0634. The zero-order valence-corrected chi connectivity index (χ0v) is 20.2. The topological polar surface area (TPSA) is 132 Å². The Morgan fingerprint density at radius 2 is 1.86 bits per heavy atom. The number of halogens is 2. The fraction of sp³-hybridized carbons (Fsp3) is 0.167. The number of benzene rings is 2. The van der Waals surface area contributed by atoms with Gasteiger partial charge >= 0.3 is 5.97 Å². The summed E-state index contributed by atoms with van der Waals surface area (Å²) in [5.74, 6) is -1.53. The van der Waals surface area contributed by atoms with E-state index in [-0.39, 0.29) is 24.5 Å². The van der Waals surface area contributed by atoms with E-state index < -0.39 is 23.5 Å². The molecule has 10 nitrogen and oxygen atoms in total. The first-order valence-electron chi connectivity index (χ1n) is 10.8. The van der Waals surface area contributed by atoms with Crippen molar-refractivity contribution in [2.24, 2.45) is 0 Å². The normalized spacial score (nSPS) is 11.7. The Morgan fingerprint density at radius 3 is 2.53 bits per heavy atom. The van der Waals surface area contributed by atoms with Crippen molar-refractivity contribution in [2.45, 2.75) is 18.9 Å². The van der Waals surface area contributed by atoms with Gasteiger partial charge in [-0.3, -0.25) is 19.0 Å². The Hall–Kier alpha value is -4.02. The molecule has 0 spiro atoms. The van der Waals surface area contributed by atoms with E-state index in [2.05, 4.69) is 20.6 Å². The molecule has 0 aliphatic rings. The van der Waals surface area contributed by atoms with Gasteiger partial charge in [-0.1, -0.05) is 58.7 Å². The third-order valence-corrected chi connectivity index (χ3v) is 5.74. The number of hydrogen-bond acceptors (Lipinski definition) is 6. The van der Waals surface area contributed by atoms with Crippen LogP contribution >= 0.6 is 23.2 Å². The van der Waals surface area contributed by atoms with Gasteiger partial charge in [-0.05, 0) is 23.8 Å². The molecule has 12 heteroatoms. The van der Waals surface area contributed by atoms with Crippen molar-refractivity contribution >= 4 is 35.1 Å². The van der Waals surface area contributed by atoms with E-state index in [0.29, 0.717) is 22.0 Å². The second kappa shape index (κ2) is 11.1. The maximum Gasteiger partial charge on any atom is 0.305 e. The number of hydrogen-bond donors (Lipinski definition) is 2. The van der Waals surface area contributed by atoms with Crippen molar-refractivity contribution in [1.29, 1.82) is 0 Å². The maximum absolute atomic E-state index is 13.2. The van der Waals surface area contributed by atoms with Crippen LogP contribution in [-0.4, -0.2) is 48.1 Å². The highest BCUT2D eigenvalue weighted by Crippen LogP contribution is 2.28. The van der Waals surface area contributed by atoms with Gasteiger partial charge < -0.3 is 10.4 Å². The van der Waals surface area contributed by atoms with Crippen LogP contribution in [0, 0.1) is 0 Å². The molecule has 2 heterocycles. The van der Waals surface area contributed by atoms with Gasteiger partial charge in [-0.15, -0.1) is 5.10 Å². The van der Waals surface area contributed by atoms with Crippen LogP contribution in [0.4, 0.5) is 0 Å².